The molecular formula is C16H25NO2. The molecule has 1 aliphatic rings. The molecule has 0 amide bonds. The van der Waals surface area contributed by atoms with Gasteiger partial charge in [0.1, 0.15) is 5.75 Å². The van der Waals surface area contributed by atoms with Gasteiger partial charge in [-0.25, -0.2) is 0 Å². The van der Waals surface area contributed by atoms with Crippen molar-refractivity contribution in [2.45, 2.75) is 45.3 Å². The minimum Gasteiger partial charge on any atom is -0.497 e. The second-order valence-electron chi connectivity index (χ2n) is 5.87. The van der Waals surface area contributed by atoms with Crippen molar-refractivity contribution in [1.82, 2.24) is 5.32 Å². The Bertz CT molecular complexity index is 407. The molecule has 1 aromatic rings. The highest BCUT2D eigenvalue weighted by Crippen LogP contribution is 2.35. The topological polar surface area (TPSA) is 41.5 Å². The maximum absolute atomic E-state index is 10.1. The molecule has 3 heteroatoms. The lowest BCUT2D eigenvalue weighted by Crippen LogP contribution is -2.43. The first-order valence-electron chi connectivity index (χ1n) is 7.16. The molecule has 0 bridgehead atoms. The number of methoxy groups -OCH3 is 1. The van der Waals surface area contributed by atoms with E-state index in [1.165, 1.54) is 12.0 Å². The van der Waals surface area contributed by atoms with E-state index in [2.05, 4.69) is 18.3 Å². The van der Waals surface area contributed by atoms with E-state index in [1.54, 1.807) is 7.11 Å². The van der Waals surface area contributed by atoms with Crippen LogP contribution in [-0.4, -0.2) is 24.9 Å². The number of rotatable bonds is 5. The molecule has 1 aliphatic carbocycles. The summed E-state index contributed by atoms with van der Waals surface area (Å²) in [6.07, 6.45) is 4.27. The Balaban J connectivity index is 1.85. The lowest BCUT2D eigenvalue weighted by molar-refractivity contribution is 0.00115. The number of hydrogen-bond acceptors (Lipinski definition) is 3. The third kappa shape index (κ3) is 3.71. The predicted octanol–water partition coefficient (Wildman–Crippen LogP) is 2.73. The maximum Gasteiger partial charge on any atom is 0.119 e. The summed E-state index contributed by atoms with van der Waals surface area (Å²) >= 11 is 0. The Morgan fingerprint density at radius 3 is 3.00 bits per heavy atom. The first kappa shape index (κ1) is 14.4. The fraction of sp³-hybridized carbons (Fsp3) is 0.625. The summed E-state index contributed by atoms with van der Waals surface area (Å²) in [4.78, 5) is 0. The first-order valence-corrected chi connectivity index (χ1v) is 7.16. The highest BCUT2D eigenvalue weighted by Gasteiger charge is 2.34. The van der Waals surface area contributed by atoms with Gasteiger partial charge < -0.3 is 15.2 Å². The van der Waals surface area contributed by atoms with Crippen LogP contribution in [0, 0.1) is 5.41 Å². The maximum atomic E-state index is 10.1. The zero-order valence-corrected chi connectivity index (χ0v) is 12.0. The van der Waals surface area contributed by atoms with E-state index in [0.29, 0.717) is 0 Å². The molecule has 1 saturated carbocycles. The van der Waals surface area contributed by atoms with E-state index < -0.39 is 0 Å². The van der Waals surface area contributed by atoms with E-state index in [1.807, 2.05) is 18.2 Å². The van der Waals surface area contributed by atoms with Crippen molar-refractivity contribution in [3.05, 3.63) is 29.8 Å². The van der Waals surface area contributed by atoms with Gasteiger partial charge in [0.2, 0.25) is 0 Å². The molecule has 0 spiro atoms. The molecule has 106 valence electrons. The molecule has 3 nitrogen and oxygen atoms in total. The van der Waals surface area contributed by atoms with Crippen LogP contribution in [0.15, 0.2) is 24.3 Å². The average molecular weight is 263 g/mol. The number of benzene rings is 1. The minimum absolute atomic E-state index is 0.0249. The normalized spacial score (nSPS) is 27.2. The van der Waals surface area contributed by atoms with Gasteiger partial charge in [0.05, 0.1) is 13.2 Å². The zero-order chi connectivity index (χ0) is 13.7. The Hall–Kier alpha value is -1.06. The third-order valence-electron chi connectivity index (χ3n) is 4.27. The summed E-state index contributed by atoms with van der Waals surface area (Å²) in [5.74, 6) is 0.892. The molecule has 1 aromatic carbocycles. The molecule has 19 heavy (non-hydrogen) atoms. The Morgan fingerprint density at radius 1 is 1.42 bits per heavy atom. The largest absolute Gasteiger partial charge is 0.497 e. The monoisotopic (exact) mass is 263 g/mol. The predicted molar refractivity (Wildman–Crippen MR) is 77.3 cm³/mol. The fourth-order valence-corrected chi connectivity index (χ4v) is 2.86. The Kier molecular flexibility index (Phi) is 4.83. The minimum atomic E-state index is -0.168. The van der Waals surface area contributed by atoms with E-state index >= 15 is 0 Å². The summed E-state index contributed by atoms with van der Waals surface area (Å²) in [5.41, 5.74) is 1.24. The molecule has 2 N–H and O–H groups in total. The fourth-order valence-electron chi connectivity index (χ4n) is 2.86. The number of nitrogens with one attached hydrogen (secondary N) is 1. The molecule has 1 fully saturated rings. The summed E-state index contributed by atoms with van der Waals surface area (Å²) in [6, 6.07) is 8.10. The number of aliphatic hydroxyl groups is 1. The van der Waals surface area contributed by atoms with Crippen LogP contribution in [0.3, 0.4) is 0 Å². The summed E-state index contributed by atoms with van der Waals surface area (Å²) < 4.78 is 5.22. The Morgan fingerprint density at radius 2 is 2.26 bits per heavy atom. The molecule has 2 unspecified atom stereocenters. The van der Waals surface area contributed by atoms with Crippen molar-refractivity contribution in [3.8, 4) is 5.75 Å². The molecule has 2 rings (SSSR count). The molecule has 0 heterocycles. The quantitative estimate of drug-likeness (QED) is 0.858. The van der Waals surface area contributed by atoms with Gasteiger partial charge in [-0.05, 0) is 30.5 Å². The van der Waals surface area contributed by atoms with Crippen LogP contribution in [-0.2, 0) is 6.54 Å². The highest BCUT2D eigenvalue weighted by molar-refractivity contribution is 5.28. The molecular weight excluding hydrogens is 238 g/mol. The van der Waals surface area contributed by atoms with Gasteiger partial charge in [-0.2, -0.15) is 0 Å². The second-order valence-corrected chi connectivity index (χ2v) is 5.87. The van der Waals surface area contributed by atoms with E-state index in [0.717, 1.165) is 38.1 Å². The van der Waals surface area contributed by atoms with Gasteiger partial charge in [-0.15, -0.1) is 0 Å². The van der Waals surface area contributed by atoms with Crippen LogP contribution in [0.2, 0.25) is 0 Å². The van der Waals surface area contributed by atoms with E-state index in [-0.39, 0.29) is 11.5 Å². The number of hydrogen-bond donors (Lipinski definition) is 2. The molecule has 0 saturated heterocycles. The smallest absolute Gasteiger partial charge is 0.119 e. The molecule has 0 radical (unpaired) electrons. The van der Waals surface area contributed by atoms with Gasteiger partial charge in [0, 0.05) is 18.5 Å². The van der Waals surface area contributed by atoms with Crippen LogP contribution >= 0.6 is 0 Å². The zero-order valence-electron chi connectivity index (χ0n) is 12.0. The van der Waals surface area contributed by atoms with Crippen molar-refractivity contribution in [2.24, 2.45) is 5.41 Å². The van der Waals surface area contributed by atoms with Gasteiger partial charge >= 0.3 is 0 Å². The third-order valence-corrected chi connectivity index (χ3v) is 4.27. The summed E-state index contributed by atoms with van der Waals surface area (Å²) in [5, 5.41) is 13.6. The van der Waals surface area contributed by atoms with E-state index in [4.69, 9.17) is 4.74 Å². The number of ether oxygens (including phenoxy) is 1. The van der Waals surface area contributed by atoms with Crippen molar-refractivity contribution in [3.63, 3.8) is 0 Å². The van der Waals surface area contributed by atoms with Gasteiger partial charge in [0.25, 0.3) is 0 Å². The van der Waals surface area contributed by atoms with Crippen LogP contribution in [0.5, 0.6) is 5.75 Å². The van der Waals surface area contributed by atoms with Crippen molar-refractivity contribution < 1.29 is 9.84 Å². The summed E-state index contributed by atoms with van der Waals surface area (Å²) in [6.45, 7) is 3.88. The van der Waals surface area contributed by atoms with Crippen LogP contribution in [0.1, 0.15) is 38.2 Å². The van der Waals surface area contributed by atoms with Gasteiger partial charge in [-0.1, -0.05) is 31.9 Å². The highest BCUT2D eigenvalue weighted by atomic mass is 16.5. The summed E-state index contributed by atoms with van der Waals surface area (Å²) in [7, 11) is 1.69. The van der Waals surface area contributed by atoms with Crippen molar-refractivity contribution >= 4 is 0 Å². The Labute approximate surface area is 116 Å². The lowest BCUT2D eigenvalue weighted by atomic mass is 9.73. The molecule has 2 atom stereocenters. The molecule has 0 aliphatic heterocycles. The van der Waals surface area contributed by atoms with E-state index in [9.17, 15) is 5.11 Å². The van der Waals surface area contributed by atoms with Crippen LogP contribution in [0.25, 0.3) is 0 Å². The average Bonchev–Trinajstić information content (AvgIpc) is 2.43. The molecule has 0 aromatic heterocycles. The lowest BCUT2D eigenvalue weighted by Gasteiger charge is -2.38. The van der Waals surface area contributed by atoms with Gasteiger partial charge in [-0.3, -0.25) is 0 Å². The van der Waals surface area contributed by atoms with Crippen LogP contribution < -0.4 is 10.1 Å². The van der Waals surface area contributed by atoms with Crippen LogP contribution in [0.4, 0.5) is 0 Å². The second kappa shape index (κ2) is 6.40. The number of aliphatic hydroxyl groups excluding tert-OH is 1. The SMILES string of the molecule is COc1cccc(CNCC2(C)CCCCC2O)c1. The van der Waals surface area contributed by atoms with Gasteiger partial charge in [0.15, 0.2) is 0 Å². The first-order chi connectivity index (χ1) is 9.14. The van der Waals surface area contributed by atoms with Crippen molar-refractivity contribution in [1.29, 1.82) is 0 Å². The van der Waals surface area contributed by atoms with Crippen molar-refractivity contribution in [2.75, 3.05) is 13.7 Å². The standard InChI is InChI=1S/C16H25NO2/c1-16(9-4-3-8-15(16)18)12-17-11-13-6-5-7-14(10-13)19-2/h5-7,10,15,17-18H,3-4,8-9,11-12H2,1-2H3.